The minimum absolute atomic E-state index is 0.386. The van der Waals surface area contributed by atoms with E-state index in [2.05, 4.69) is 0 Å². The first-order valence-electron chi connectivity index (χ1n) is 6.99. The second-order valence-corrected chi connectivity index (χ2v) is 6.70. The van der Waals surface area contributed by atoms with E-state index in [0.717, 1.165) is 11.1 Å². The number of nitrogens with zero attached hydrogens (tertiary/aromatic N) is 1. The van der Waals surface area contributed by atoms with Crippen molar-refractivity contribution >= 4 is 23.2 Å². The van der Waals surface area contributed by atoms with Crippen LogP contribution in [0.4, 0.5) is 0 Å². The average Bonchev–Trinajstić information content (AvgIpc) is 2.55. The van der Waals surface area contributed by atoms with Crippen molar-refractivity contribution in [3.63, 3.8) is 0 Å². The Morgan fingerprint density at radius 3 is 2.41 bits per heavy atom. The highest BCUT2D eigenvalue weighted by Crippen LogP contribution is 2.42. The van der Waals surface area contributed by atoms with Crippen LogP contribution in [0.1, 0.15) is 16.7 Å². The Bertz CT molecular complexity index is 662. The molecule has 0 amide bonds. The van der Waals surface area contributed by atoms with Crippen LogP contribution >= 0.6 is 23.2 Å². The van der Waals surface area contributed by atoms with Crippen LogP contribution in [0.2, 0.25) is 10.0 Å². The Morgan fingerprint density at radius 2 is 1.73 bits per heavy atom. The van der Waals surface area contributed by atoms with E-state index in [1.165, 1.54) is 0 Å². The van der Waals surface area contributed by atoms with E-state index in [1.54, 1.807) is 24.3 Å². The Balaban J connectivity index is 2.28. The van der Waals surface area contributed by atoms with E-state index in [1.807, 2.05) is 31.1 Å². The molecule has 0 aliphatic carbocycles. The fourth-order valence-electron chi connectivity index (χ4n) is 2.94. The summed E-state index contributed by atoms with van der Waals surface area (Å²) in [5.74, 6) is 0.640. The van der Waals surface area contributed by atoms with E-state index in [9.17, 15) is 5.11 Å². The molecule has 3 rings (SSSR count). The van der Waals surface area contributed by atoms with Gasteiger partial charge in [0.05, 0.1) is 0 Å². The topological polar surface area (TPSA) is 32.7 Å². The van der Waals surface area contributed by atoms with E-state index >= 15 is 0 Å². The van der Waals surface area contributed by atoms with Gasteiger partial charge in [-0.3, -0.25) is 0 Å². The highest BCUT2D eigenvalue weighted by atomic mass is 35.5. The molecule has 0 radical (unpaired) electrons. The number of aliphatic hydroxyl groups is 1. The summed E-state index contributed by atoms with van der Waals surface area (Å²) >= 11 is 12.3. The van der Waals surface area contributed by atoms with Crippen molar-refractivity contribution in [3.8, 4) is 5.75 Å². The van der Waals surface area contributed by atoms with Crippen LogP contribution in [0.3, 0.4) is 0 Å². The maximum absolute atomic E-state index is 11.5. The Morgan fingerprint density at radius 1 is 1.09 bits per heavy atom. The van der Waals surface area contributed by atoms with E-state index in [4.69, 9.17) is 27.9 Å². The van der Waals surface area contributed by atoms with Gasteiger partial charge in [-0.25, -0.2) is 0 Å². The van der Waals surface area contributed by atoms with Crippen LogP contribution in [0, 0.1) is 0 Å². The lowest BCUT2D eigenvalue weighted by Gasteiger charge is -2.32. The van der Waals surface area contributed by atoms with Crippen molar-refractivity contribution in [1.82, 2.24) is 4.90 Å². The average molecular weight is 338 g/mol. The van der Waals surface area contributed by atoms with Crippen molar-refractivity contribution in [1.29, 1.82) is 0 Å². The Hall–Kier alpha value is -1.26. The van der Waals surface area contributed by atoms with Crippen LogP contribution < -0.4 is 4.74 Å². The summed E-state index contributed by atoms with van der Waals surface area (Å²) in [5, 5.41) is 12.7. The van der Waals surface area contributed by atoms with Crippen LogP contribution in [-0.4, -0.2) is 30.6 Å². The molecule has 0 bridgehead atoms. The summed E-state index contributed by atoms with van der Waals surface area (Å²) in [5.41, 5.74) is 1.10. The number of ether oxygens (including phenoxy) is 1. The van der Waals surface area contributed by atoms with Gasteiger partial charge in [-0.1, -0.05) is 29.3 Å². The molecule has 0 aromatic heterocycles. The lowest BCUT2D eigenvalue weighted by Crippen LogP contribution is -2.39. The van der Waals surface area contributed by atoms with E-state index in [0.29, 0.717) is 34.5 Å². The first-order valence-corrected chi connectivity index (χ1v) is 7.74. The van der Waals surface area contributed by atoms with Gasteiger partial charge in [0.2, 0.25) is 0 Å². The quantitative estimate of drug-likeness (QED) is 0.907. The molecule has 1 atom stereocenters. The molecule has 1 aliphatic rings. The largest absolute Gasteiger partial charge is 0.488 e. The number of likely N-dealkylation sites (N-methyl/N-ethyl adjacent to an activating group) is 1. The molecule has 1 N–H and O–H groups in total. The third kappa shape index (κ3) is 2.70. The number of hydrogen-bond donors (Lipinski definition) is 1. The van der Waals surface area contributed by atoms with Crippen LogP contribution in [0.25, 0.3) is 0 Å². The predicted molar refractivity (Wildman–Crippen MR) is 88.8 cm³/mol. The molecule has 1 unspecified atom stereocenters. The summed E-state index contributed by atoms with van der Waals surface area (Å²) in [6, 6.07) is 10.8. The smallest absolute Gasteiger partial charge is 0.131 e. The van der Waals surface area contributed by atoms with Gasteiger partial charge in [-0.2, -0.15) is 0 Å². The molecular weight excluding hydrogens is 321 g/mol. The van der Waals surface area contributed by atoms with Gasteiger partial charge in [0.25, 0.3) is 0 Å². The van der Waals surface area contributed by atoms with Crippen LogP contribution in [0.15, 0.2) is 36.4 Å². The van der Waals surface area contributed by atoms with Crippen molar-refractivity contribution in [3.05, 3.63) is 63.1 Å². The number of fused-ring (bicyclic) bond motifs is 2. The summed E-state index contributed by atoms with van der Waals surface area (Å²) in [6.07, 6.45) is 0. The molecule has 1 heterocycles. The molecule has 1 aliphatic heterocycles. The summed E-state index contributed by atoms with van der Waals surface area (Å²) in [7, 11) is 3.83. The SMILES string of the molecule is CN(C)CC1(O)c2cc(Cl)ccc2COc2ccc(Cl)cc21. The zero-order chi connectivity index (χ0) is 15.9. The van der Waals surface area contributed by atoms with Gasteiger partial charge >= 0.3 is 0 Å². The predicted octanol–water partition coefficient (Wildman–Crippen LogP) is 3.68. The van der Waals surface area contributed by atoms with Gasteiger partial charge in [0, 0.05) is 22.2 Å². The molecule has 22 heavy (non-hydrogen) atoms. The highest BCUT2D eigenvalue weighted by Gasteiger charge is 2.39. The molecule has 0 saturated heterocycles. The molecule has 0 saturated carbocycles. The highest BCUT2D eigenvalue weighted by molar-refractivity contribution is 6.31. The number of benzene rings is 2. The molecule has 116 valence electrons. The zero-order valence-electron chi connectivity index (χ0n) is 12.4. The summed E-state index contributed by atoms with van der Waals surface area (Å²) in [4.78, 5) is 1.93. The number of hydrogen-bond acceptors (Lipinski definition) is 3. The third-order valence-electron chi connectivity index (χ3n) is 3.83. The monoisotopic (exact) mass is 337 g/mol. The van der Waals surface area contributed by atoms with Gasteiger partial charge in [0.15, 0.2) is 0 Å². The second kappa shape index (κ2) is 5.74. The molecule has 0 spiro atoms. The van der Waals surface area contributed by atoms with Crippen LogP contribution in [-0.2, 0) is 12.2 Å². The third-order valence-corrected chi connectivity index (χ3v) is 4.30. The zero-order valence-corrected chi connectivity index (χ0v) is 13.9. The van der Waals surface area contributed by atoms with E-state index < -0.39 is 5.60 Å². The van der Waals surface area contributed by atoms with Gasteiger partial charge in [-0.05, 0) is 55.6 Å². The van der Waals surface area contributed by atoms with Crippen molar-refractivity contribution in [2.45, 2.75) is 12.2 Å². The first kappa shape index (κ1) is 15.6. The van der Waals surface area contributed by atoms with Crippen molar-refractivity contribution in [2.24, 2.45) is 0 Å². The molecule has 3 nitrogen and oxygen atoms in total. The lowest BCUT2D eigenvalue weighted by atomic mass is 9.83. The molecule has 0 fully saturated rings. The maximum atomic E-state index is 11.5. The van der Waals surface area contributed by atoms with E-state index in [-0.39, 0.29) is 0 Å². The number of rotatable bonds is 2. The minimum Gasteiger partial charge on any atom is -0.488 e. The second-order valence-electron chi connectivity index (χ2n) is 5.83. The molecular formula is C17H17Cl2NO2. The van der Waals surface area contributed by atoms with Crippen LogP contribution in [0.5, 0.6) is 5.75 Å². The Kier molecular flexibility index (Phi) is 4.08. The minimum atomic E-state index is -1.24. The lowest BCUT2D eigenvalue weighted by molar-refractivity contribution is 0.0508. The normalized spacial score (nSPS) is 20.1. The molecule has 5 heteroatoms. The first-order chi connectivity index (χ1) is 10.4. The molecule has 2 aromatic rings. The Labute approximate surface area is 140 Å². The fourth-order valence-corrected chi connectivity index (χ4v) is 3.28. The standard InChI is InChI=1S/C17H17Cl2NO2/c1-20(2)10-17(21)14-7-12(18)4-3-11(14)9-22-16-6-5-13(19)8-15(16)17/h3-8,21H,9-10H2,1-2H3. The fraction of sp³-hybridized carbons (Fsp3) is 0.294. The van der Waals surface area contributed by atoms with Crippen molar-refractivity contribution in [2.75, 3.05) is 20.6 Å². The number of halogens is 2. The van der Waals surface area contributed by atoms with Gasteiger partial charge in [0.1, 0.15) is 18.0 Å². The van der Waals surface area contributed by atoms with Crippen molar-refractivity contribution < 1.29 is 9.84 Å². The summed E-state index contributed by atoms with van der Waals surface area (Å²) in [6.45, 7) is 0.786. The van der Waals surface area contributed by atoms with Gasteiger partial charge < -0.3 is 14.7 Å². The molecule has 2 aromatic carbocycles. The van der Waals surface area contributed by atoms with Gasteiger partial charge in [-0.15, -0.1) is 0 Å². The maximum Gasteiger partial charge on any atom is 0.131 e. The summed E-state index contributed by atoms with van der Waals surface area (Å²) < 4.78 is 5.87.